The van der Waals surface area contributed by atoms with Gasteiger partial charge in [0.25, 0.3) is 0 Å². The maximum Gasteiger partial charge on any atom is 0.0561 e. The van der Waals surface area contributed by atoms with Crippen LogP contribution in [0.1, 0.15) is 84.6 Å². The van der Waals surface area contributed by atoms with E-state index in [1.54, 1.807) is 0 Å². The highest BCUT2D eigenvalue weighted by Crippen LogP contribution is 2.46. The van der Waals surface area contributed by atoms with Crippen LogP contribution in [0.2, 0.25) is 0 Å². The summed E-state index contributed by atoms with van der Waals surface area (Å²) in [7, 11) is 0. The zero-order valence-corrected chi connectivity index (χ0v) is 34.9. The van der Waals surface area contributed by atoms with Gasteiger partial charge in [0.1, 0.15) is 0 Å². The Balaban J connectivity index is 1.75. The van der Waals surface area contributed by atoms with Crippen molar-refractivity contribution in [2.45, 2.75) is 73.1 Å². The van der Waals surface area contributed by atoms with Gasteiger partial charge in [-0.25, -0.2) is 0 Å². The van der Waals surface area contributed by atoms with Crippen LogP contribution >= 0.6 is 0 Å². The van der Waals surface area contributed by atoms with E-state index in [-0.39, 0.29) is 16.2 Å². The standard InChI is InChI=1S/C54H58N2/c1-12-14-25-48-39(36-40(13-2)52(3,4)5)26-35-49-50(48)37-47(55(43-21-17-15-18-22-43)45-31-27-41(28-32-45)53(6,7)8)38-51(49)56(44-23-19-16-20-24-44)46-33-29-42(30-34-46)54(9,10)11/h12-38H,1-2H2,3-11H3/b25-14-,40-36+. The molecule has 0 amide bonds. The fourth-order valence-electron chi connectivity index (χ4n) is 7.23. The molecule has 0 fully saturated rings. The highest BCUT2D eigenvalue weighted by atomic mass is 15.2. The molecule has 284 valence electrons. The normalized spacial score (nSPS) is 12.6. The Morgan fingerprint density at radius 2 is 0.982 bits per heavy atom. The van der Waals surface area contributed by atoms with E-state index in [4.69, 9.17) is 0 Å². The Hall–Kier alpha value is -5.86. The summed E-state index contributed by atoms with van der Waals surface area (Å²) in [5, 5.41) is 2.28. The number of hydrogen-bond acceptors (Lipinski definition) is 2. The summed E-state index contributed by atoms with van der Waals surface area (Å²) in [5.74, 6) is 0. The van der Waals surface area contributed by atoms with Gasteiger partial charge in [0, 0.05) is 33.8 Å². The van der Waals surface area contributed by atoms with Crippen LogP contribution in [0, 0.1) is 5.41 Å². The van der Waals surface area contributed by atoms with Crippen LogP contribution in [0.25, 0.3) is 22.9 Å². The molecule has 0 unspecified atom stereocenters. The highest BCUT2D eigenvalue weighted by molar-refractivity contribution is 6.07. The molecule has 0 heterocycles. The van der Waals surface area contributed by atoms with E-state index in [9.17, 15) is 0 Å². The molecule has 0 aliphatic rings. The lowest BCUT2D eigenvalue weighted by Gasteiger charge is -2.32. The lowest BCUT2D eigenvalue weighted by Crippen LogP contribution is -2.15. The van der Waals surface area contributed by atoms with Crippen LogP contribution in [0.4, 0.5) is 34.1 Å². The summed E-state index contributed by atoms with van der Waals surface area (Å²) in [6.07, 6.45) is 10.4. The fourth-order valence-corrected chi connectivity index (χ4v) is 7.23. The molecule has 0 saturated carbocycles. The largest absolute Gasteiger partial charge is 0.310 e. The lowest BCUT2D eigenvalue weighted by atomic mass is 9.84. The molecular weight excluding hydrogens is 677 g/mol. The topological polar surface area (TPSA) is 6.48 Å². The van der Waals surface area contributed by atoms with Crippen molar-refractivity contribution < 1.29 is 0 Å². The summed E-state index contributed by atoms with van der Waals surface area (Å²) in [6, 6.07) is 48.8. The minimum atomic E-state index is -0.0736. The molecule has 0 aliphatic heterocycles. The van der Waals surface area contributed by atoms with Gasteiger partial charge in [-0.3, -0.25) is 0 Å². The molecule has 6 aromatic rings. The third-order valence-electron chi connectivity index (χ3n) is 10.5. The van der Waals surface area contributed by atoms with Crippen molar-refractivity contribution >= 4 is 57.0 Å². The van der Waals surface area contributed by atoms with Crippen molar-refractivity contribution in [3.8, 4) is 0 Å². The van der Waals surface area contributed by atoms with E-state index in [0.29, 0.717) is 0 Å². The fraction of sp³-hybridized carbons (Fsp3) is 0.222. The van der Waals surface area contributed by atoms with Gasteiger partial charge in [-0.15, -0.1) is 0 Å². The Morgan fingerprint density at radius 1 is 0.500 bits per heavy atom. The lowest BCUT2D eigenvalue weighted by molar-refractivity contribution is 0.521. The number of nitrogens with zero attached hydrogens (tertiary/aromatic N) is 2. The van der Waals surface area contributed by atoms with Gasteiger partial charge >= 0.3 is 0 Å². The zero-order chi connectivity index (χ0) is 40.3. The molecule has 2 nitrogen and oxygen atoms in total. The van der Waals surface area contributed by atoms with Gasteiger partial charge in [-0.2, -0.15) is 0 Å². The van der Waals surface area contributed by atoms with Crippen LogP contribution in [0.5, 0.6) is 0 Å². The van der Waals surface area contributed by atoms with E-state index in [0.717, 1.165) is 56.0 Å². The number of rotatable bonds is 10. The number of benzene rings is 6. The van der Waals surface area contributed by atoms with Crippen LogP contribution in [-0.4, -0.2) is 0 Å². The van der Waals surface area contributed by atoms with E-state index in [1.807, 2.05) is 18.2 Å². The molecule has 0 aliphatic carbocycles. The molecule has 6 rings (SSSR count). The summed E-state index contributed by atoms with van der Waals surface area (Å²) >= 11 is 0. The molecule has 2 heteroatoms. The second-order valence-corrected chi connectivity index (χ2v) is 17.7. The number of anilines is 6. The zero-order valence-electron chi connectivity index (χ0n) is 34.9. The summed E-state index contributed by atoms with van der Waals surface area (Å²) in [6.45, 7) is 28.6. The molecule has 0 N–H and O–H groups in total. The average molecular weight is 735 g/mol. The number of allylic oxidation sites excluding steroid dienone is 4. The highest BCUT2D eigenvalue weighted by Gasteiger charge is 2.24. The van der Waals surface area contributed by atoms with Gasteiger partial charge in [0.2, 0.25) is 0 Å². The van der Waals surface area contributed by atoms with Crippen molar-refractivity contribution in [1.29, 1.82) is 0 Å². The van der Waals surface area contributed by atoms with Crippen molar-refractivity contribution in [1.82, 2.24) is 0 Å². The molecule has 0 saturated heterocycles. The monoisotopic (exact) mass is 734 g/mol. The average Bonchev–Trinajstić information content (AvgIpc) is 3.16. The molecule has 0 bridgehead atoms. The molecular formula is C54H58N2. The molecule has 0 atom stereocenters. The molecule has 0 spiro atoms. The Bertz CT molecular complexity index is 2360. The first-order chi connectivity index (χ1) is 26.6. The van der Waals surface area contributed by atoms with Crippen LogP contribution in [0.15, 0.2) is 170 Å². The van der Waals surface area contributed by atoms with E-state index < -0.39 is 0 Å². The molecule has 0 aromatic heterocycles. The second kappa shape index (κ2) is 16.1. The van der Waals surface area contributed by atoms with Crippen molar-refractivity contribution in [3.63, 3.8) is 0 Å². The Morgan fingerprint density at radius 3 is 1.45 bits per heavy atom. The molecule has 56 heavy (non-hydrogen) atoms. The second-order valence-electron chi connectivity index (χ2n) is 17.7. The minimum Gasteiger partial charge on any atom is -0.310 e. The van der Waals surface area contributed by atoms with E-state index in [1.165, 1.54) is 16.7 Å². The van der Waals surface area contributed by atoms with Gasteiger partial charge in [0.15, 0.2) is 0 Å². The summed E-state index contributed by atoms with van der Waals surface area (Å²) in [4.78, 5) is 4.79. The van der Waals surface area contributed by atoms with Gasteiger partial charge < -0.3 is 9.80 Å². The number of fused-ring (bicyclic) bond motifs is 1. The first-order valence-corrected chi connectivity index (χ1v) is 19.8. The Kier molecular flexibility index (Phi) is 11.4. The van der Waals surface area contributed by atoms with Crippen LogP contribution in [0.3, 0.4) is 0 Å². The van der Waals surface area contributed by atoms with Crippen LogP contribution in [-0.2, 0) is 10.8 Å². The van der Waals surface area contributed by atoms with Gasteiger partial charge in [0.05, 0.1) is 5.69 Å². The molecule has 6 aromatic carbocycles. The number of para-hydroxylation sites is 2. The maximum atomic E-state index is 4.21. The quantitative estimate of drug-likeness (QED) is 0.129. The third-order valence-corrected chi connectivity index (χ3v) is 10.5. The Labute approximate surface area is 336 Å². The molecule has 0 radical (unpaired) electrons. The minimum absolute atomic E-state index is 0.0368. The van der Waals surface area contributed by atoms with Crippen molar-refractivity contribution in [2.75, 3.05) is 9.80 Å². The van der Waals surface area contributed by atoms with Crippen molar-refractivity contribution in [3.05, 3.63) is 193 Å². The summed E-state index contributed by atoms with van der Waals surface area (Å²) < 4.78 is 0. The van der Waals surface area contributed by atoms with Crippen LogP contribution < -0.4 is 9.80 Å². The predicted molar refractivity (Wildman–Crippen MR) is 248 cm³/mol. The van der Waals surface area contributed by atoms with Crippen molar-refractivity contribution in [2.24, 2.45) is 5.41 Å². The SMILES string of the molecule is C=C/C=C\c1c(/C=C(\C=C)C(C)(C)C)ccc2c(N(c3ccccc3)c3ccc(C(C)(C)C)cc3)cc(N(c3ccccc3)c3ccc(C(C)(C)C)cc3)cc12. The summed E-state index contributed by atoms with van der Waals surface area (Å²) in [5.41, 5.74) is 12.5. The van der Waals surface area contributed by atoms with E-state index >= 15 is 0 Å². The smallest absolute Gasteiger partial charge is 0.0561 e. The van der Waals surface area contributed by atoms with Gasteiger partial charge in [-0.1, -0.05) is 179 Å². The van der Waals surface area contributed by atoms with E-state index in [2.05, 4.69) is 231 Å². The first-order valence-electron chi connectivity index (χ1n) is 19.8. The number of hydrogen-bond donors (Lipinski definition) is 0. The van der Waals surface area contributed by atoms with Gasteiger partial charge in [-0.05, 0) is 110 Å². The maximum absolute atomic E-state index is 4.21. The third kappa shape index (κ3) is 8.66. The first kappa shape index (κ1) is 39.8. The predicted octanol–water partition coefficient (Wildman–Crippen LogP) is 16.2.